The third kappa shape index (κ3) is 3.82. The van der Waals surface area contributed by atoms with E-state index >= 15 is 0 Å². The molecule has 0 radical (unpaired) electrons. The molecule has 0 bridgehead atoms. The molecule has 0 amide bonds. The molecule has 1 saturated carbocycles. The summed E-state index contributed by atoms with van der Waals surface area (Å²) in [6.07, 6.45) is 7.93. The molecule has 1 aliphatic carbocycles. The van der Waals surface area contributed by atoms with Crippen molar-refractivity contribution < 1.29 is 0 Å². The summed E-state index contributed by atoms with van der Waals surface area (Å²) in [5, 5.41) is 14.5. The number of rotatable bonds is 4. The maximum Gasteiger partial charge on any atom is 0.189 e. The molecule has 0 spiro atoms. The molecule has 1 fully saturated rings. The van der Waals surface area contributed by atoms with Crippen LogP contribution in [0.15, 0.2) is 29.4 Å². The summed E-state index contributed by atoms with van der Waals surface area (Å²) in [6.45, 7) is 0. The average molecular weight is 359 g/mol. The van der Waals surface area contributed by atoms with E-state index in [2.05, 4.69) is 21.4 Å². The first kappa shape index (κ1) is 17.1. The van der Waals surface area contributed by atoms with Crippen LogP contribution in [-0.4, -0.2) is 22.3 Å². The van der Waals surface area contributed by atoms with E-state index in [0.29, 0.717) is 33.3 Å². The van der Waals surface area contributed by atoms with Gasteiger partial charge in [0, 0.05) is 16.6 Å². The van der Waals surface area contributed by atoms with Crippen LogP contribution in [0.2, 0.25) is 5.02 Å². The lowest BCUT2D eigenvalue weighted by atomic mass is 9.95. The molecule has 1 aromatic carbocycles. The number of anilines is 1. The number of hydrogen-bond acceptors (Lipinski definition) is 5. The van der Waals surface area contributed by atoms with Gasteiger partial charge in [-0.1, -0.05) is 54.8 Å². The molecule has 0 atom stereocenters. The normalized spacial score (nSPS) is 15.0. The lowest BCUT2D eigenvalue weighted by Crippen LogP contribution is -2.24. The number of nitrogens with zero attached hydrogens (tertiary/aromatic N) is 3. The van der Waals surface area contributed by atoms with E-state index in [-0.39, 0.29) is 0 Å². The molecule has 4 nitrogen and oxygen atoms in total. The number of halogens is 1. The molecule has 1 heterocycles. The zero-order valence-corrected chi connectivity index (χ0v) is 15.1. The highest BCUT2D eigenvalue weighted by Gasteiger charge is 2.20. The van der Waals surface area contributed by atoms with Gasteiger partial charge in [-0.15, -0.1) is 0 Å². The van der Waals surface area contributed by atoms with Gasteiger partial charge in [-0.2, -0.15) is 5.26 Å². The standard InChI is InChI=1S/C18H19ClN4S/c1-24-18-22-16(12-7-9-13(19)10-8-12)15(11-20)17(23-18)21-14-5-3-2-4-6-14/h7-10,14H,2-6H2,1H3,(H,21,22,23). The first-order valence-corrected chi connectivity index (χ1v) is 9.70. The summed E-state index contributed by atoms with van der Waals surface area (Å²) < 4.78 is 0. The lowest BCUT2D eigenvalue weighted by molar-refractivity contribution is 0.461. The van der Waals surface area contributed by atoms with Crippen LogP contribution in [0, 0.1) is 11.3 Å². The van der Waals surface area contributed by atoms with Crippen LogP contribution in [0.1, 0.15) is 37.7 Å². The number of thioether (sulfide) groups is 1. The van der Waals surface area contributed by atoms with Crippen LogP contribution in [0.5, 0.6) is 0 Å². The van der Waals surface area contributed by atoms with E-state index in [1.165, 1.54) is 31.0 Å². The molecule has 0 aliphatic heterocycles. The predicted molar refractivity (Wildman–Crippen MR) is 99.5 cm³/mol. The maximum atomic E-state index is 9.71. The van der Waals surface area contributed by atoms with Crippen molar-refractivity contribution in [3.05, 3.63) is 34.9 Å². The van der Waals surface area contributed by atoms with Crippen LogP contribution in [0.4, 0.5) is 5.82 Å². The highest BCUT2D eigenvalue weighted by molar-refractivity contribution is 7.98. The second kappa shape index (κ2) is 7.87. The Balaban J connectivity index is 2.02. The average Bonchev–Trinajstić information content (AvgIpc) is 2.62. The second-order valence-corrected chi connectivity index (χ2v) is 7.09. The second-order valence-electron chi connectivity index (χ2n) is 5.88. The van der Waals surface area contributed by atoms with E-state index in [1.54, 1.807) is 0 Å². The van der Waals surface area contributed by atoms with Gasteiger partial charge in [-0.3, -0.25) is 0 Å². The Labute approximate surface area is 151 Å². The van der Waals surface area contributed by atoms with Crippen LogP contribution in [0.25, 0.3) is 11.3 Å². The summed E-state index contributed by atoms with van der Waals surface area (Å²) in [6, 6.07) is 10.1. The summed E-state index contributed by atoms with van der Waals surface area (Å²) in [4.78, 5) is 9.11. The Morgan fingerprint density at radius 3 is 2.50 bits per heavy atom. The van der Waals surface area contributed by atoms with Gasteiger partial charge in [0.05, 0.1) is 5.69 Å². The molecule has 1 N–H and O–H groups in total. The summed E-state index contributed by atoms with van der Waals surface area (Å²) in [5.41, 5.74) is 2.04. The Morgan fingerprint density at radius 2 is 1.88 bits per heavy atom. The van der Waals surface area contributed by atoms with Gasteiger partial charge in [-0.25, -0.2) is 9.97 Å². The van der Waals surface area contributed by atoms with Crippen LogP contribution < -0.4 is 5.32 Å². The van der Waals surface area contributed by atoms with Crippen molar-refractivity contribution in [1.29, 1.82) is 5.26 Å². The van der Waals surface area contributed by atoms with Crippen LogP contribution >= 0.6 is 23.4 Å². The van der Waals surface area contributed by atoms with Gasteiger partial charge in [0.25, 0.3) is 0 Å². The zero-order valence-electron chi connectivity index (χ0n) is 13.6. The highest BCUT2D eigenvalue weighted by Crippen LogP contribution is 2.31. The molecular formula is C18H19ClN4S. The fourth-order valence-electron chi connectivity index (χ4n) is 3.00. The minimum Gasteiger partial charge on any atom is -0.366 e. The van der Waals surface area contributed by atoms with E-state index in [9.17, 15) is 5.26 Å². The van der Waals surface area contributed by atoms with Gasteiger partial charge in [0.1, 0.15) is 17.5 Å². The van der Waals surface area contributed by atoms with Gasteiger partial charge in [0.2, 0.25) is 0 Å². The lowest BCUT2D eigenvalue weighted by Gasteiger charge is -2.24. The van der Waals surface area contributed by atoms with Crippen molar-refractivity contribution in [3.63, 3.8) is 0 Å². The quantitative estimate of drug-likeness (QED) is 0.606. The van der Waals surface area contributed by atoms with Crippen molar-refractivity contribution >= 4 is 29.2 Å². The van der Waals surface area contributed by atoms with Gasteiger partial charge >= 0.3 is 0 Å². The first-order valence-electron chi connectivity index (χ1n) is 8.10. The SMILES string of the molecule is CSc1nc(NC2CCCCC2)c(C#N)c(-c2ccc(Cl)cc2)n1. The molecule has 2 aromatic rings. The number of aromatic nitrogens is 2. The predicted octanol–water partition coefficient (Wildman–Crippen LogP) is 5.14. The fraction of sp³-hybridized carbons (Fsp3) is 0.389. The number of nitrogens with one attached hydrogen (secondary N) is 1. The van der Waals surface area contributed by atoms with Crippen molar-refractivity contribution in [2.75, 3.05) is 11.6 Å². The third-order valence-electron chi connectivity index (χ3n) is 4.25. The van der Waals surface area contributed by atoms with Crippen molar-refractivity contribution in [2.24, 2.45) is 0 Å². The largest absolute Gasteiger partial charge is 0.366 e. The van der Waals surface area contributed by atoms with E-state index in [0.717, 1.165) is 18.4 Å². The van der Waals surface area contributed by atoms with Crippen molar-refractivity contribution in [2.45, 2.75) is 43.3 Å². The van der Waals surface area contributed by atoms with E-state index < -0.39 is 0 Å². The minimum absolute atomic E-state index is 0.383. The van der Waals surface area contributed by atoms with E-state index in [1.807, 2.05) is 30.5 Å². The van der Waals surface area contributed by atoms with Gasteiger partial charge in [0.15, 0.2) is 5.16 Å². The molecular weight excluding hydrogens is 340 g/mol. The summed E-state index contributed by atoms with van der Waals surface area (Å²) >= 11 is 7.46. The summed E-state index contributed by atoms with van der Waals surface area (Å²) in [7, 11) is 0. The molecule has 124 valence electrons. The molecule has 1 aliphatic rings. The van der Waals surface area contributed by atoms with Crippen LogP contribution in [0.3, 0.4) is 0 Å². The summed E-state index contributed by atoms with van der Waals surface area (Å²) in [5.74, 6) is 0.647. The highest BCUT2D eigenvalue weighted by atomic mass is 35.5. The minimum atomic E-state index is 0.383. The molecule has 6 heteroatoms. The number of nitriles is 1. The Morgan fingerprint density at radius 1 is 1.17 bits per heavy atom. The smallest absolute Gasteiger partial charge is 0.189 e. The maximum absolute atomic E-state index is 9.71. The number of benzene rings is 1. The van der Waals surface area contributed by atoms with Crippen molar-refractivity contribution in [1.82, 2.24) is 9.97 Å². The molecule has 24 heavy (non-hydrogen) atoms. The van der Waals surface area contributed by atoms with Gasteiger partial charge in [-0.05, 0) is 31.2 Å². The number of hydrogen-bond donors (Lipinski definition) is 1. The fourth-order valence-corrected chi connectivity index (χ4v) is 3.49. The van der Waals surface area contributed by atoms with E-state index in [4.69, 9.17) is 11.6 Å². The Bertz CT molecular complexity index is 749. The Hall–Kier alpha value is -1.77. The Kier molecular flexibility index (Phi) is 5.60. The topological polar surface area (TPSA) is 61.6 Å². The zero-order chi connectivity index (χ0) is 16.9. The van der Waals surface area contributed by atoms with Crippen molar-refractivity contribution in [3.8, 4) is 17.3 Å². The molecule has 1 aromatic heterocycles. The molecule has 0 saturated heterocycles. The molecule has 0 unspecified atom stereocenters. The monoisotopic (exact) mass is 358 g/mol. The first-order chi connectivity index (χ1) is 11.7. The molecule has 3 rings (SSSR count). The third-order valence-corrected chi connectivity index (χ3v) is 5.05. The van der Waals surface area contributed by atoms with Crippen LogP contribution in [-0.2, 0) is 0 Å². The van der Waals surface area contributed by atoms with Gasteiger partial charge < -0.3 is 5.32 Å².